The Morgan fingerprint density at radius 1 is 0.833 bits per heavy atom. The lowest BCUT2D eigenvalue weighted by Crippen LogP contribution is -2.26. The predicted octanol–water partition coefficient (Wildman–Crippen LogP) is 4.73. The maximum absolute atomic E-state index is 12.4. The van der Waals surface area contributed by atoms with E-state index in [-0.39, 0.29) is 10.5 Å². The first-order valence-electron chi connectivity index (χ1n) is 8.49. The first-order valence-corrected chi connectivity index (χ1v) is 10.1. The highest BCUT2D eigenvalue weighted by atomic mass is 32.2. The summed E-state index contributed by atoms with van der Waals surface area (Å²) in [6.45, 7) is 0. The molecular formula is C21H18O2S. The first-order chi connectivity index (χ1) is 11.6. The molecule has 2 aliphatic rings. The Morgan fingerprint density at radius 3 is 2.33 bits per heavy atom. The molecule has 0 aliphatic carbocycles. The third-order valence-electron chi connectivity index (χ3n) is 5.61. The van der Waals surface area contributed by atoms with E-state index in [1.165, 1.54) is 32.7 Å². The summed E-state index contributed by atoms with van der Waals surface area (Å²) in [5, 5.41) is 4.47. The zero-order valence-corrected chi connectivity index (χ0v) is 14.1. The second kappa shape index (κ2) is 4.93. The van der Waals surface area contributed by atoms with Crippen LogP contribution in [0, 0.1) is 0 Å². The fraction of sp³-hybridized carbons (Fsp3) is 0.238. The molecule has 0 aromatic heterocycles. The van der Waals surface area contributed by atoms with E-state index >= 15 is 0 Å². The van der Waals surface area contributed by atoms with Crippen LogP contribution in [0.15, 0.2) is 60.7 Å². The standard InChI is InChI=1S/C21H18O2S/c22-24(23)16-9-10-17(24)12-15(11-16)21-13-14-5-1-2-6-18(14)19-7-3-4-8-20(19)21/h1-8,11,13,16-17H,9-10,12H2. The molecule has 24 heavy (non-hydrogen) atoms. The Balaban J connectivity index is 1.81. The maximum atomic E-state index is 12.4. The van der Waals surface area contributed by atoms with Gasteiger partial charge in [0.1, 0.15) is 0 Å². The van der Waals surface area contributed by atoms with Crippen LogP contribution < -0.4 is 0 Å². The van der Waals surface area contributed by atoms with Gasteiger partial charge in [-0.2, -0.15) is 0 Å². The van der Waals surface area contributed by atoms with E-state index in [4.69, 9.17) is 0 Å². The lowest BCUT2D eigenvalue weighted by atomic mass is 9.91. The van der Waals surface area contributed by atoms with E-state index in [1.807, 2.05) is 6.08 Å². The van der Waals surface area contributed by atoms with Gasteiger partial charge in [0, 0.05) is 0 Å². The lowest BCUT2D eigenvalue weighted by molar-refractivity contribution is 0.585. The Morgan fingerprint density at radius 2 is 1.54 bits per heavy atom. The second-order valence-electron chi connectivity index (χ2n) is 6.91. The number of allylic oxidation sites excluding steroid dienone is 1. The van der Waals surface area contributed by atoms with Crippen LogP contribution in [0.4, 0.5) is 0 Å². The van der Waals surface area contributed by atoms with E-state index in [9.17, 15) is 8.42 Å². The summed E-state index contributed by atoms with van der Waals surface area (Å²) in [6.07, 6.45) is 4.26. The molecule has 2 bridgehead atoms. The summed E-state index contributed by atoms with van der Waals surface area (Å²) >= 11 is 0. The van der Waals surface area contributed by atoms with Crippen molar-refractivity contribution in [3.8, 4) is 0 Å². The Bertz CT molecular complexity index is 1110. The lowest BCUT2D eigenvalue weighted by Gasteiger charge is -2.22. The fourth-order valence-corrected chi connectivity index (χ4v) is 6.57. The van der Waals surface area contributed by atoms with Crippen LogP contribution >= 0.6 is 0 Å². The van der Waals surface area contributed by atoms with Crippen molar-refractivity contribution < 1.29 is 8.42 Å². The van der Waals surface area contributed by atoms with Crippen molar-refractivity contribution in [3.05, 3.63) is 66.2 Å². The normalized spacial score (nSPS) is 25.1. The Labute approximate surface area is 141 Å². The molecule has 2 heterocycles. The van der Waals surface area contributed by atoms with Gasteiger partial charge in [-0.15, -0.1) is 0 Å². The zero-order chi connectivity index (χ0) is 16.3. The van der Waals surface area contributed by atoms with Gasteiger partial charge in [0.25, 0.3) is 0 Å². The largest absolute Gasteiger partial charge is 0.228 e. The maximum Gasteiger partial charge on any atom is 0.159 e. The fourth-order valence-electron chi connectivity index (χ4n) is 4.38. The summed E-state index contributed by atoms with van der Waals surface area (Å²) in [5.41, 5.74) is 2.41. The molecule has 3 aromatic rings. The van der Waals surface area contributed by atoms with Gasteiger partial charge in [0.15, 0.2) is 9.84 Å². The minimum atomic E-state index is -2.94. The average molecular weight is 334 g/mol. The summed E-state index contributed by atoms with van der Waals surface area (Å²) in [4.78, 5) is 0. The van der Waals surface area contributed by atoms with Crippen molar-refractivity contribution in [2.24, 2.45) is 0 Å². The third-order valence-corrected chi connectivity index (χ3v) is 8.16. The number of fused-ring (bicyclic) bond motifs is 5. The molecule has 2 unspecified atom stereocenters. The minimum absolute atomic E-state index is 0.187. The van der Waals surface area contributed by atoms with Gasteiger partial charge in [-0.25, -0.2) is 8.42 Å². The molecule has 5 rings (SSSR count). The van der Waals surface area contributed by atoms with Crippen molar-refractivity contribution >= 4 is 37.0 Å². The zero-order valence-electron chi connectivity index (χ0n) is 13.3. The van der Waals surface area contributed by atoms with E-state index in [1.54, 1.807) is 0 Å². The predicted molar refractivity (Wildman–Crippen MR) is 99.8 cm³/mol. The summed E-state index contributed by atoms with van der Waals surface area (Å²) in [6, 6.07) is 19.1. The molecule has 0 spiro atoms. The SMILES string of the molecule is O=S1(=O)C2C=C(c3cc4ccccc4c4ccccc34)CC1CC2. The van der Waals surface area contributed by atoms with Crippen molar-refractivity contribution in [2.75, 3.05) is 0 Å². The monoisotopic (exact) mass is 334 g/mol. The molecule has 2 nitrogen and oxygen atoms in total. The second-order valence-corrected chi connectivity index (χ2v) is 9.36. The molecule has 0 saturated carbocycles. The van der Waals surface area contributed by atoms with Gasteiger partial charge in [-0.1, -0.05) is 54.6 Å². The molecule has 2 aliphatic heterocycles. The summed E-state index contributed by atoms with van der Waals surface area (Å²) in [5.74, 6) is 0. The van der Waals surface area contributed by atoms with Crippen molar-refractivity contribution in [1.29, 1.82) is 0 Å². The van der Waals surface area contributed by atoms with E-state index < -0.39 is 9.84 Å². The van der Waals surface area contributed by atoms with Crippen molar-refractivity contribution in [3.63, 3.8) is 0 Å². The van der Waals surface area contributed by atoms with E-state index in [2.05, 4.69) is 54.6 Å². The van der Waals surface area contributed by atoms with Crippen LogP contribution in [0.1, 0.15) is 24.8 Å². The molecule has 0 N–H and O–H groups in total. The molecule has 120 valence electrons. The number of hydrogen-bond donors (Lipinski definition) is 0. The molecule has 3 heteroatoms. The quantitative estimate of drug-likeness (QED) is 0.603. The summed E-state index contributed by atoms with van der Waals surface area (Å²) in [7, 11) is -2.94. The highest BCUT2D eigenvalue weighted by Crippen LogP contribution is 2.43. The average Bonchev–Trinajstić information content (AvgIpc) is 2.79. The molecule has 2 atom stereocenters. The van der Waals surface area contributed by atoms with E-state index in [0.29, 0.717) is 6.42 Å². The Kier molecular flexibility index (Phi) is 2.93. The van der Waals surface area contributed by atoms with Crippen LogP contribution in [0.25, 0.3) is 27.1 Å². The highest BCUT2D eigenvalue weighted by molar-refractivity contribution is 7.93. The Hall–Kier alpha value is -2.13. The van der Waals surface area contributed by atoms with Gasteiger partial charge in [0.2, 0.25) is 0 Å². The van der Waals surface area contributed by atoms with Crippen molar-refractivity contribution in [1.82, 2.24) is 0 Å². The molecule has 3 aromatic carbocycles. The molecule has 0 radical (unpaired) electrons. The molecule has 0 amide bonds. The van der Waals surface area contributed by atoms with Gasteiger partial charge in [0.05, 0.1) is 10.5 Å². The smallest absolute Gasteiger partial charge is 0.159 e. The van der Waals surface area contributed by atoms with Crippen LogP contribution in [0.5, 0.6) is 0 Å². The first kappa shape index (κ1) is 14.2. The van der Waals surface area contributed by atoms with Gasteiger partial charge >= 0.3 is 0 Å². The van der Waals surface area contributed by atoms with Crippen LogP contribution in [-0.2, 0) is 9.84 Å². The molecule has 1 saturated heterocycles. The molecule has 1 fully saturated rings. The topological polar surface area (TPSA) is 34.1 Å². The number of benzene rings is 3. The number of hydrogen-bond acceptors (Lipinski definition) is 2. The van der Waals surface area contributed by atoms with Crippen LogP contribution in [0.2, 0.25) is 0 Å². The van der Waals surface area contributed by atoms with Crippen molar-refractivity contribution in [2.45, 2.75) is 29.8 Å². The number of rotatable bonds is 1. The van der Waals surface area contributed by atoms with Crippen LogP contribution in [-0.4, -0.2) is 18.9 Å². The van der Waals surface area contributed by atoms with Crippen LogP contribution in [0.3, 0.4) is 0 Å². The third kappa shape index (κ3) is 1.91. The number of sulfone groups is 1. The van der Waals surface area contributed by atoms with Gasteiger partial charge in [-0.3, -0.25) is 0 Å². The van der Waals surface area contributed by atoms with Gasteiger partial charge in [-0.05, 0) is 58.0 Å². The van der Waals surface area contributed by atoms with Gasteiger partial charge < -0.3 is 0 Å². The van der Waals surface area contributed by atoms with E-state index in [0.717, 1.165) is 12.8 Å². The summed E-state index contributed by atoms with van der Waals surface area (Å²) < 4.78 is 24.8. The minimum Gasteiger partial charge on any atom is -0.228 e. The molecular weight excluding hydrogens is 316 g/mol. The highest BCUT2D eigenvalue weighted by Gasteiger charge is 2.43.